The van der Waals surface area contributed by atoms with Crippen LogP contribution in [0.1, 0.15) is 0 Å². The lowest BCUT2D eigenvalue weighted by Gasteiger charge is -2.07. The smallest absolute Gasteiger partial charge is 0.205 e. The first-order valence-corrected chi connectivity index (χ1v) is 6.20. The summed E-state index contributed by atoms with van der Waals surface area (Å²) >= 11 is 11.9. The molecule has 3 aromatic rings. The van der Waals surface area contributed by atoms with Gasteiger partial charge in [-0.05, 0) is 30.3 Å². The molecule has 2 N–H and O–H groups in total. The summed E-state index contributed by atoms with van der Waals surface area (Å²) in [7, 11) is 0. The molecule has 2 aromatic carbocycles. The number of imidazole rings is 1. The third kappa shape index (κ3) is 2.13. The Kier molecular flexibility index (Phi) is 2.84. The van der Waals surface area contributed by atoms with Crippen molar-refractivity contribution in [1.29, 1.82) is 0 Å². The van der Waals surface area contributed by atoms with E-state index in [1.54, 1.807) is 28.8 Å². The minimum atomic E-state index is -0.359. The Morgan fingerprint density at radius 1 is 1.05 bits per heavy atom. The molecule has 6 heteroatoms. The van der Waals surface area contributed by atoms with Gasteiger partial charge in [-0.1, -0.05) is 23.2 Å². The Balaban J connectivity index is 2.35. The zero-order valence-corrected chi connectivity index (χ0v) is 11.1. The summed E-state index contributed by atoms with van der Waals surface area (Å²) in [6, 6.07) is 9.27. The summed E-state index contributed by atoms with van der Waals surface area (Å²) in [5.41, 5.74) is 7.69. The predicted molar refractivity (Wildman–Crippen MR) is 75.5 cm³/mol. The Morgan fingerprint density at radius 3 is 2.42 bits per heavy atom. The highest BCUT2D eigenvalue weighted by atomic mass is 35.5. The van der Waals surface area contributed by atoms with E-state index in [0.29, 0.717) is 26.8 Å². The van der Waals surface area contributed by atoms with E-state index in [2.05, 4.69) is 4.98 Å². The minimum Gasteiger partial charge on any atom is -0.369 e. The van der Waals surface area contributed by atoms with Crippen LogP contribution >= 0.6 is 23.2 Å². The van der Waals surface area contributed by atoms with Crippen LogP contribution in [-0.2, 0) is 0 Å². The summed E-state index contributed by atoms with van der Waals surface area (Å²) in [5.74, 6) is -0.110. The number of anilines is 1. The highest BCUT2D eigenvalue weighted by Crippen LogP contribution is 2.28. The molecular formula is C13H8Cl2FN3. The molecule has 1 heterocycles. The quantitative estimate of drug-likeness (QED) is 0.736. The first-order chi connectivity index (χ1) is 9.04. The first kappa shape index (κ1) is 12.3. The summed E-state index contributed by atoms with van der Waals surface area (Å²) in [6.45, 7) is 0. The van der Waals surface area contributed by atoms with Crippen LogP contribution in [0.5, 0.6) is 0 Å². The molecule has 96 valence electrons. The Morgan fingerprint density at radius 2 is 1.74 bits per heavy atom. The van der Waals surface area contributed by atoms with Crippen LogP contribution in [0.4, 0.5) is 10.3 Å². The van der Waals surface area contributed by atoms with Crippen LogP contribution in [0, 0.1) is 5.82 Å². The van der Waals surface area contributed by atoms with E-state index in [0.717, 1.165) is 0 Å². The number of halogens is 3. The van der Waals surface area contributed by atoms with Crippen molar-refractivity contribution in [2.45, 2.75) is 0 Å². The lowest BCUT2D eigenvalue weighted by molar-refractivity contribution is 0.629. The van der Waals surface area contributed by atoms with Gasteiger partial charge in [0.15, 0.2) is 0 Å². The van der Waals surface area contributed by atoms with Crippen molar-refractivity contribution in [2.75, 3.05) is 5.73 Å². The monoisotopic (exact) mass is 295 g/mol. The van der Waals surface area contributed by atoms with Crippen LogP contribution in [0.2, 0.25) is 10.0 Å². The second kappa shape index (κ2) is 4.40. The minimum absolute atomic E-state index is 0.249. The van der Waals surface area contributed by atoms with E-state index in [9.17, 15) is 4.39 Å². The number of fused-ring (bicyclic) bond motifs is 1. The second-order valence-electron chi connectivity index (χ2n) is 4.07. The van der Waals surface area contributed by atoms with Gasteiger partial charge in [0.05, 0.1) is 16.7 Å². The molecule has 0 saturated carbocycles. The van der Waals surface area contributed by atoms with Gasteiger partial charge in [0, 0.05) is 16.1 Å². The fraction of sp³-hybridized carbons (Fsp3) is 0. The molecule has 19 heavy (non-hydrogen) atoms. The van der Waals surface area contributed by atoms with Crippen molar-refractivity contribution in [1.82, 2.24) is 9.55 Å². The summed E-state index contributed by atoms with van der Waals surface area (Å²) in [5, 5.41) is 0.945. The van der Waals surface area contributed by atoms with Crippen molar-refractivity contribution < 1.29 is 4.39 Å². The summed E-state index contributed by atoms with van der Waals surface area (Å²) in [4.78, 5) is 4.18. The van der Waals surface area contributed by atoms with Crippen molar-refractivity contribution in [3.8, 4) is 5.69 Å². The lowest BCUT2D eigenvalue weighted by Crippen LogP contribution is -2.00. The fourth-order valence-corrected chi connectivity index (χ4v) is 2.52. The standard InChI is InChI=1S/C13H8Cl2FN3/c14-7-3-8(15)5-10(4-7)19-12-6-9(16)1-2-11(12)18-13(19)17/h1-6H,(H2,17,18). The number of benzene rings is 2. The molecule has 0 amide bonds. The van der Waals surface area contributed by atoms with Gasteiger partial charge >= 0.3 is 0 Å². The summed E-state index contributed by atoms with van der Waals surface area (Å²) in [6.07, 6.45) is 0. The number of nitrogens with two attached hydrogens (primary N) is 1. The van der Waals surface area contributed by atoms with Gasteiger partial charge in [0.1, 0.15) is 5.82 Å². The molecule has 0 aliphatic carbocycles. The van der Waals surface area contributed by atoms with E-state index in [4.69, 9.17) is 28.9 Å². The van der Waals surface area contributed by atoms with Gasteiger partial charge in [-0.2, -0.15) is 0 Å². The number of rotatable bonds is 1. The fourth-order valence-electron chi connectivity index (χ4n) is 2.01. The normalized spacial score (nSPS) is 11.1. The molecule has 0 aliphatic rings. The van der Waals surface area contributed by atoms with Crippen LogP contribution < -0.4 is 5.73 Å². The van der Waals surface area contributed by atoms with Gasteiger partial charge in [-0.3, -0.25) is 4.57 Å². The predicted octanol–water partition coefficient (Wildman–Crippen LogP) is 4.05. The van der Waals surface area contributed by atoms with Crippen molar-refractivity contribution in [2.24, 2.45) is 0 Å². The number of hydrogen-bond donors (Lipinski definition) is 1. The number of aromatic nitrogens is 2. The molecule has 3 rings (SSSR count). The highest BCUT2D eigenvalue weighted by molar-refractivity contribution is 6.34. The molecule has 1 aromatic heterocycles. The molecule has 0 atom stereocenters. The summed E-state index contributed by atoms with van der Waals surface area (Å²) < 4.78 is 15.0. The molecule has 3 nitrogen and oxygen atoms in total. The molecule has 0 aliphatic heterocycles. The van der Waals surface area contributed by atoms with Crippen LogP contribution in [0.3, 0.4) is 0 Å². The van der Waals surface area contributed by atoms with E-state index in [-0.39, 0.29) is 11.8 Å². The van der Waals surface area contributed by atoms with E-state index >= 15 is 0 Å². The zero-order chi connectivity index (χ0) is 13.6. The molecule has 0 unspecified atom stereocenters. The zero-order valence-electron chi connectivity index (χ0n) is 9.57. The van der Waals surface area contributed by atoms with Crippen molar-refractivity contribution >= 4 is 40.2 Å². The number of nitrogen functional groups attached to an aromatic ring is 1. The maximum Gasteiger partial charge on any atom is 0.205 e. The van der Waals surface area contributed by atoms with Gasteiger partial charge in [0.25, 0.3) is 0 Å². The molecule has 0 spiro atoms. The number of nitrogens with zero attached hydrogens (tertiary/aromatic N) is 2. The molecular weight excluding hydrogens is 288 g/mol. The van der Waals surface area contributed by atoms with Gasteiger partial charge in [0.2, 0.25) is 5.95 Å². The molecule has 0 bridgehead atoms. The third-order valence-corrected chi connectivity index (χ3v) is 3.18. The van der Waals surface area contributed by atoms with Gasteiger partial charge in [-0.25, -0.2) is 9.37 Å². The highest BCUT2D eigenvalue weighted by Gasteiger charge is 2.11. The van der Waals surface area contributed by atoms with E-state index in [1.807, 2.05) is 0 Å². The number of hydrogen-bond acceptors (Lipinski definition) is 2. The third-order valence-electron chi connectivity index (χ3n) is 2.75. The average Bonchev–Trinajstić information content (AvgIpc) is 2.63. The van der Waals surface area contributed by atoms with Crippen molar-refractivity contribution in [3.63, 3.8) is 0 Å². The maximum atomic E-state index is 13.4. The molecule has 0 fully saturated rings. The second-order valence-corrected chi connectivity index (χ2v) is 4.94. The van der Waals surface area contributed by atoms with Crippen molar-refractivity contribution in [3.05, 3.63) is 52.3 Å². The first-order valence-electron chi connectivity index (χ1n) is 5.44. The topological polar surface area (TPSA) is 43.8 Å². The average molecular weight is 296 g/mol. The van der Waals surface area contributed by atoms with Gasteiger partial charge < -0.3 is 5.73 Å². The molecule has 0 radical (unpaired) electrons. The Labute approximate surface area is 118 Å². The van der Waals surface area contributed by atoms with Crippen LogP contribution in [-0.4, -0.2) is 9.55 Å². The lowest BCUT2D eigenvalue weighted by atomic mass is 10.2. The van der Waals surface area contributed by atoms with E-state index < -0.39 is 0 Å². The largest absolute Gasteiger partial charge is 0.369 e. The van der Waals surface area contributed by atoms with Crippen LogP contribution in [0.15, 0.2) is 36.4 Å². The van der Waals surface area contributed by atoms with Crippen LogP contribution in [0.25, 0.3) is 16.7 Å². The Hall–Kier alpha value is -1.78. The SMILES string of the molecule is Nc1nc2ccc(F)cc2n1-c1cc(Cl)cc(Cl)c1. The van der Waals surface area contributed by atoms with Gasteiger partial charge in [-0.15, -0.1) is 0 Å². The maximum absolute atomic E-state index is 13.4. The Bertz CT molecular complexity index is 763. The molecule has 0 saturated heterocycles. The van der Waals surface area contributed by atoms with E-state index in [1.165, 1.54) is 12.1 Å².